The Bertz CT molecular complexity index is 2170. The van der Waals surface area contributed by atoms with E-state index in [0.29, 0.717) is 29.2 Å². The molecular formula is C47H44N2O8. The summed E-state index contributed by atoms with van der Waals surface area (Å²) >= 11 is 0. The van der Waals surface area contributed by atoms with Crippen molar-refractivity contribution in [2.24, 2.45) is 0 Å². The number of rotatable bonds is 18. The van der Waals surface area contributed by atoms with Crippen LogP contribution in [-0.4, -0.2) is 35.2 Å². The SMILES string of the molecule is O=C(N[C@@H](Cc1ccc(O)cc1)C(=O)N[C@@H](Cc1ccc(OCc2ccccc2)c(OCc2ccccc2)c1)C(=O)OCc1ccccc1)OCc1ccccc1. The molecule has 290 valence electrons. The van der Waals surface area contributed by atoms with Crippen LogP contribution in [0, 0.1) is 0 Å². The van der Waals surface area contributed by atoms with Crippen LogP contribution in [-0.2, 0) is 58.3 Å². The Morgan fingerprint density at radius 2 is 0.912 bits per heavy atom. The summed E-state index contributed by atoms with van der Waals surface area (Å²) in [4.78, 5) is 41.0. The highest BCUT2D eigenvalue weighted by molar-refractivity contribution is 5.90. The smallest absolute Gasteiger partial charge is 0.408 e. The Hall–Kier alpha value is -7.07. The number of amides is 2. The second-order valence-corrected chi connectivity index (χ2v) is 13.3. The van der Waals surface area contributed by atoms with Gasteiger partial charge in [-0.25, -0.2) is 9.59 Å². The zero-order valence-corrected chi connectivity index (χ0v) is 31.3. The molecule has 10 heteroatoms. The molecule has 0 spiro atoms. The molecule has 0 bridgehead atoms. The number of aromatic hydroxyl groups is 1. The molecule has 3 N–H and O–H groups in total. The maximum Gasteiger partial charge on any atom is 0.408 e. The lowest BCUT2D eigenvalue weighted by Gasteiger charge is -2.23. The van der Waals surface area contributed by atoms with Gasteiger partial charge in [0, 0.05) is 12.8 Å². The Balaban J connectivity index is 1.23. The maximum atomic E-state index is 14.1. The van der Waals surface area contributed by atoms with Crippen molar-refractivity contribution in [1.82, 2.24) is 10.6 Å². The van der Waals surface area contributed by atoms with Crippen LogP contribution in [0.25, 0.3) is 0 Å². The monoisotopic (exact) mass is 764 g/mol. The first-order valence-corrected chi connectivity index (χ1v) is 18.6. The van der Waals surface area contributed by atoms with Gasteiger partial charge in [-0.3, -0.25) is 4.79 Å². The van der Waals surface area contributed by atoms with E-state index in [9.17, 15) is 19.5 Å². The lowest BCUT2D eigenvalue weighted by atomic mass is 10.0. The molecule has 6 aromatic carbocycles. The molecule has 0 aliphatic rings. The number of hydrogen-bond acceptors (Lipinski definition) is 8. The van der Waals surface area contributed by atoms with E-state index in [2.05, 4.69) is 10.6 Å². The summed E-state index contributed by atoms with van der Waals surface area (Å²) in [6, 6.07) is 47.2. The molecule has 0 saturated heterocycles. The summed E-state index contributed by atoms with van der Waals surface area (Å²) in [5, 5.41) is 15.4. The Morgan fingerprint density at radius 3 is 1.46 bits per heavy atom. The first-order valence-electron chi connectivity index (χ1n) is 18.6. The number of alkyl carbamates (subject to hydrolysis) is 1. The van der Waals surface area contributed by atoms with Crippen molar-refractivity contribution >= 4 is 18.0 Å². The number of ether oxygens (including phenoxy) is 4. The highest BCUT2D eigenvalue weighted by Crippen LogP contribution is 2.31. The molecule has 6 aromatic rings. The van der Waals surface area contributed by atoms with Crippen molar-refractivity contribution < 1.29 is 38.4 Å². The van der Waals surface area contributed by atoms with Gasteiger partial charge < -0.3 is 34.7 Å². The molecule has 10 nitrogen and oxygen atoms in total. The van der Waals surface area contributed by atoms with E-state index in [1.165, 1.54) is 12.1 Å². The van der Waals surface area contributed by atoms with Gasteiger partial charge in [-0.1, -0.05) is 140 Å². The van der Waals surface area contributed by atoms with Gasteiger partial charge >= 0.3 is 12.1 Å². The molecule has 0 aliphatic carbocycles. The average Bonchev–Trinajstić information content (AvgIpc) is 3.25. The molecule has 0 unspecified atom stereocenters. The fourth-order valence-electron chi connectivity index (χ4n) is 5.90. The quantitative estimate of drug-likeness (QED) is 0.0755. The molecule has 0 radical (unpaired) electrons. The Labute approximate surface area is 332 Å². The highest BCUT2D eigenvalue weighted by atomic mass is 16.5. The minimum absolute atomic E-state index is 0.00556. The van der Waals surface area contributed by atoms with E-state index in [1.54, 1.807) is 24.3 Å². The molecule has 6 rings (SSSR count). The van der Waals surface area contributed by atoms with E-state index in [1.807, 2.05) is 127 Å². The molecule has 0 aromatic heterocycles. The summed E-state index contributed by atoms with van der Waals surface area (Å²) in [7, 11) is 0. The number of carbonyl (C=O) groups excluding carboxylic acids is 3. The average molecular weight is 765 g/mol. The van der Waals surface area contributed by atoms with Crippen molar-refractivity contribution in [3.63, 3.8) is 0 Å². The molecule has 2 atom stereocenters. The first-order chi connectivity index (χ1) is 27.9. The minimum Gasteiger partial charge on any atom is -0.508 e. The van der Waals surface area contributed by atoms with Gasteiger partial charge in [0.2, 0.25) is 5.91 Å². The maximum absolute atomic E-state index is 14.1. The lowest BCUT2D eigenvalue weighted by molar-refractivity contribution is -0.149. The summed E-state index contributed by atoms with van der Waals surface area (Å²) < 4.78 is 23.7. The standard InChI is InChI=1S/C47H44N2O8/c50-40-24-21-34(22-25-40)27-41(49-47(53)57-33-38-19-11-4-12-20-38)45(51)48-42(46(52)56-32-37-17-9-3-10-18-37)28-39-23-26-43(54-30-35-13-5-1-6-14-35)44(29-39)55-31-36-15-7-2-8-16-36/h1-26,29,41-42,50H,27-28,30-33H2,(H,48,51)(H,49,53)/t41-,42-/m0/s1. The third-order valence-corrected chi connectivity index (χ3v) is 8.94. The number of phenolic OH excluding ortho intramolecular Hbond substituents is 1. The summed E-state index contributed by atoms with van der Waals surface area (Å²) in [5.74, 6) is -0.274. The van der Waals surface area contributed by atoms with Crippen LogP contribution in [0.4, 0.5) is 4.79 Å². The summed E-state index contributed by atoms with van der Waals surface area (Å²) in [5.41, 5.74) is 4.82. The van der Waals surface area contributed by atoms with Crippen molar-refractivity contribution in [3.8, 4) is 17.2 Å². The predicted molar refractivity (Wildman–Crippen MR) is 215 cm³/mol. The van der Waals surface area contributed by atoms with Crippen LogP contribution < -0.4 is 20.1 Å². The largest absolute Gasteiger partial charge is 0.508 e. The van der Waals surface area contributed by atoms with Gasteiger partial charge in [0.05, 0.1) is 0 Å². The molecule has 57 heavy (non-hydrogen) atoms. The van der Waals surface area contributed by atoms with Crippen molar-refractivity contribution in [2.75, 3.05) is 0 Å². The Morgan fingerprint density at radius 1 is 0.456 bits per heavy atom. The van der Waals surface area contributed by atoms with E-state index in [-0.39, 0.29) is 38.4 Å². The van der Waals surface area contributed by atoms with Crippen LogP contribution in [0.5, 0.6) is 17.2 Å². The lowest BCUT2D eigenvalue weighted by Crippen LogP contribution is -2.53. The zero-order valence-electron chi connectivity index (χ0n) is 31.3. The van der Waals surface area contributed by atoms with Crippen LogP contribution in [0.3, 0.4) is 0 Å². The fourth-order valence-corrected chi connectivity index (χ4v) is 5.90. The molecule has 2 amide bonds. The minimum atomic E-state index is -1.16. The van der Waals surface area contributed by atoms with Crippen molar-refractivity contribution in [2.45, 2.75) is 51.4 Å². The second-order valence-electron chi connectivity index (χ2n) is 13.3. The van der Waals surface area contributed by atoms with E-state index in [0.717, 1.165) is 22.3 Å². The van der Waals surface area contributed by atoms with Crippen molar-refractivity contribution in [3.05, 3.63) is 197 Å². The summed E-state index contributed by atoms with van der Waals surface area (Å²) in [6.45, 7) is 0.574. The third kappa shape index (κ3) is 12.8. The normalized spacial score (nSPS) is 11.7. The van der Waals surface area contributed by atoms with Crippen LogP contribution >= 0.6 is 0 Å². The van der Waals surface area contributed by atoms with Gasteiger partial charge in [0.25, 0.3) is 0 Å². The van der Waals surface area contributed by atoms with E-state index in [4.69, 9.17) is 18.9 Å². The molecule has 0 saturated carbocycles. The molecule has 0 aliphatic heterocycles. The predicted octanol–water partition coefficient (Wildman–Crippen LogP) is 7.86. The fraction of sp³-hybridized carbons (Fsp3) is 0.170. The van der Waals surface area contributed by atoms with E-state index >= 15 is 0 Å². The van der Waals surface area contributed by atoms with E-state index < -0.39 is 30.1 Å². The second kappa shape index (κ2) is 20.6. The third-order valence-electron chi connectivity index (χ3n) is 8.94. The zero-order chi connectivity index (χ0) is 39.7. The number of nitrogens with one attached hydrogen (secondary N) is 2. The molecule has 0 fully saturated rings. The van der Waals surface area contributed by atoms with Crippen molar-refractivity contribution in [1.29, 1.82) is 0 Å². The van der Waals surface area contributed by atoms with Crippen LogP contribution in [0.15, 0.2) is 164 Å². The molecular weight excluding hydrogens is 721 g/mol. The topological polar surface area (TPSA) is 132 Å². The highest BCUT2D eigenvalue weighted by Gasteiger charge is 2.29. The van der Waals surface area contributed by atoms with Gasteiger partial charge in [0.15, 0.2) is 11.5 Å². The van der Waals surface area contributed by atoms with Gasteiger partial charge in [-0.15, -0.1) is 0 Å². The van der Waals surface area contributed by atoms with Gasteiger partial charge in [0.1, 0.15) is 44.3 Å². The van der Waals surface area contributed by atoms with Crippen LogP contribution in [0.1, 0.15) is 33.4 Å². The Kier molecular flexibility index (Phi) is 14.3. The molecule has 0 heterocycles. The van der Waals surface area contributed by atoms with Gasteiger partial charge in [-0.05, 0) is 57.6 Å². The number of benzene rings is 6. The van der Waals surface area contributed by atoms with Gasteiger partial charge in [-0.2, -0.15) is 0 Å². The number of esters is 1. The summed E-state index contributed by atoms with van der Waals surface area (Å²) in [6.07, 6.45) is -0.736. The number of hydrogen-bond donors (Lipinski definition) is 3. The first kappa shape index (κ1) is 39.6. The number of phenols is 1. The number of carbonyl (C=O) groups is 3. The van der Waals surface area contributed by atoms with Crippen LogP contribution in [0.2, 0.25) is 0 Å².